The summed E-state index contributed by atoms with van der Waals surface area (Å²) in [5, 5.41) is 10.7. The Morgan fingerprint density at radius 2 is 1.84 bits per heavy atom. The molecule has 0 saturated carbocycles. The van der Waals surface area contributed by atoms with E-state index in [2.05, 4.69) is 17.0 Å². The topological polar surface area (TPSA) is 63.4 Å². The molecule has 1 unspecified atom stereocenters. The van der Waals surface area contributed by atoms with Crippen molar-refractivity contribution < 1.29 is 9.72 Å². The fourth-order valence-electron chi connectivity index (χ4n) is 3.14. The monoisotopic (exact) mass is 336 g/mol. The number of piperidine rings is 1. The zero-order valence-corrected chi connectivity index (χ0v) is 14.1. The normalized spacial score (nSPS) is 20.0. The molecule has 1 heterocycles. The maximum atomic E-state index is 12.5. The van der Waals surface area contributed by atoms with E-state index < -0.39 is 4.92 Å². The molecule has 1 aliphatic heterocycles. The summed E-state index contributed by atoms with van der Waals surface area (Å²) < 4.78 is 0. The van der Waals surface area contributed by atoms with Gasteiger partial charge in [0.25, 0.3) is 5.69 Å². The van der Waals surface area contributed by atoms with Crippen molar-refractivity contribution in [2.24, 2.45) is 5.92 Å². The molecule has 0 radical (unpaired) electrons. The van der Waals surface area contributed by atoms with Gasteiger partial charge in [-0.05, 0) is 29.3 Å². The number of nitro groups is 1. The van der Waals surface area contributed by atoms with Crippen LogP contribution in [0.15, 0.2) is 60.2 Å². The molecule has 0 bridgehead atoms. The number of hydrogen-bond acceptors (Lipinski definition) is 4. The van der Waals surface area contributed by atoms with E-state index in [9.17, 15) is 14.9 Å². The molecule has 1 atom stereocenters. The van der Waals surface area contributed by atoms with Crippen LogP contribution in [0.4, 0.5) is 5.69 Å². The first-order valence-corrected chi connectivity index (χ1v) is 8.28. The van der Waals surface area contributed by atoms with Crippen LogP contribution >= 0.6 is 0 Å². The lowest BCUT2D eigenvalue weighted by molar-refractivity contribution is -0.384. The van der Waals surface area contributed by atoms with E-state index in [-0.39, 0.29) is 17.4 Å². The van der Waals surface area contributed by atoms with Crippen LogP contribution in [0.5, 0.6) is 0 Å². The van der Waals surface area contributed by atoms with E-state index in [0.29, 0.717) is 6.54 Å². The number of hydrogen-bond donors (Lipinski definition) is 0. The number of ketones is 1. The third-order valence-corrected chi connectivity index (χ3v) is 4.38. The average Bonchev–Trinajstić information content (AvgIpc) is 2.60. The van der Waals surface area contributed by atoms with Crippen molar-refractivity contribution in [3.8, 4) is 0 Å². The molecule has 2 aromatic carbocycles. The highest BCUT2D eigenvalue weighted by molar-refractivity contribution is 6.02. The van der Waals surface area contributed by atoms with Gasteiger partial charge in [0.15, 0.2) is 5.78 Å². The summed E-state index contributed by atoms with van der Waals surface area (Å²) in [5.74, 6) is 0.101. The highest BCUT2D eigenvalue weighted by Gasteiger charge is 2.27. The molecule has 0 spiro atoms. The van der Waals surface area contributed by atoms with Gasteiger partial charge in [-0.15, -0.1) is 0 Å². The SMILES string of the molecule is CC1CN(Cc2ccccc2)C/C(=C/c2ccc([N+](=O)[O-])cc2)C1=O. The second kappa shape index (κ2) is 7.40. The number of nitrogens with zero attached hydrogens (tertiary/aromatic N) is 2. The van der Waals surface area contributed by atoms with Crippen LogP contribution in [-0.2, 0) is 11.3 Å². The van der Waals surface area contributed by atoms with Crippen molar-refractivity contribution in [1.29, 1.82) is 0 Å². The fraction of sp³-hybridized carbons (Fsp3) is 0.250. The Hall–Kier alpha value is -2.79. The van der Waals surface area contributed by atoms with Crippen LogP contribution < -0.4 is 0 Å². The number of carbonyl (C=O) groups excluding carboxylic acids is 1. The third kappa shape index (κ3) is 4.19. The Bertz CT molecular complexity index is 797. The number of carbonyl (C=O) groups is 1. The third-order valence-electron chi connectivity index (χ3n) is 4.38. The summed E-state index contributed by atoms with van der Waals surface area (Å²) in [6.45, 7) is 4.08. The smallest absolute Gasteiger partial charge is 0.269 e. The first-order valence-electron chi connectivity index (χ1n) is 8.28. The molecule has 3 rings (SSSR count). The van der Waals surface area contributed by atoms with Gasteiger partial charge in [0.1, 0.15) is 0 Å². The summed E-state index contributed by atoms with van der Waals surface area (Å²) >= 11 is 0. The first-order chi connectivity index (χ1) is 12.0. The van der Waals surface area contributed by atoms with Crippen LogP contribution in [0.1, 0.15) is 18.1 Å². The maximum Gasteiger partial charge on any atom is 0.269 e. The Morgan fingerprint density at radius 1 is 1.16 bits per heavy atom. The minimum Gasteiger partial charge on any atom is -0.294 e. The zero-order valence-electron chi connectivity index (χ0n) is 14.1. The van der Waals surface area contributed by atoms with E-state index >= 15 is 0 Å². The van der Waals surface area contributed by atoms with Gasteiger partial charge in [0.2, 0.25) is 0 Å². The van der Waals surface area contributed by atoms with Crippen molar-refractivity contribution in [3.63, 3.8) is 0 Å². The first kappa shape index (κ1) is 17.0. The van der Waals surface area contributed by atoms with Gasteiger partial charge in [-0.25, -0.2) is 0 Å². The number of non-ortho nitro benzene ring substituents is 1. The lowest BCUT2D eigenvalue weighted by Gasteiger charge is -2.31. The summed E-state index contributed by atoms with van der Waals surface area (Å²) in [4.78, 5) is 25.1. The van der Waals surface area contributed by atoms with Gasteiger partial charge >= 0.3 is 0 Å². The van der Waals surface area contributed by atoms with E-state index in [1.165, 1.54) is 17.7 Å². The maximum absolute atomic E-state index is 12.5. The summed E-state index contributed by atoms with van der Waals surface area (Å²) in [6, 6.07) is 16.5. The molecule has 0 aromatic heterocycles. The van der Waals surface area contributed by atoms with Crippen molar-refractivity contribution in [3.05, 3.63) is 81.4 Å². The lowest BCUT2D eigenvalue weighted by Crippen LogP contribution is -2.40. The number of nitro benzene ring substituents is 1. The van der Waals surface area contributed by atoms with Crippen LogP contribution in [0.3, 0.4) is 0 Å². The van der Waals surface area contributed by atoms with E-state index in [1.807, 2.05) is 31.2 Å². The predicted molar refractivity (Wildman–Crippen MR) is 97.0 cm³/mol. The minimum atomic E-state index is -0.424. The molecule has 2 aromatic rings. The van der Waals surface area contributed by atoms with Crippen LogP contribution in [0.2, 0.25) is 0 Å². The average molecular weight is 336 g/mol. The fourth-order valence-corrected chi connectivity index (χ4v) is 3.14. The molecule has 5 heteroatoms. The largest absolute Gasteiger partial charge is 0.294 e. The minimum absolute atomic E-state index is 0.0520. The molecule has 0 N–H and O–H groups in total. The molecular formula is C20H20N2O3. The Labute approximate surface area is 146 Å². The molecule has 5 nitrogen and oxygen atoms in total. The summed E-state index contributed by atoms with van der Waals surface area (Å²) in [5.41, 5.74) is 2.83. The van der Waals surface area contributed by atoms with Crippen molar-refractivity contribution in [2.45, 2.75) is 13.5 Å². The van der Waals surface area contributed by atoms with Crippen molar-refractivity contribution in [1.82, 2.24) is 4.90 Å². The molecule has 25 heavy (non-hydrogen) atoms. The van der Waals surface area contributed by atoms with Crippen molar-refractivity contribution in [2.75, 3.05) is 13.1 Å². The number of likely N-dealkylation sites (tertiary alicyclic amines) is 1. The van der Waals surface area contributed by atoms with E-state index in [1.54, 1.807) is 12.1 Å². The zero-order chi connectivity index (χ0) is 17.8. The number of Topliss-reactive ketones (excluding diaryl/α,β-unsaturated/α-hetero) is 1. The lowest BCUT2D eigenvalue weighted by atomic mass is 9.92. The highest BCUT2D eigenvalue weighted by Crippen LogP contribution is 2.22. The van der Waals surface area contributed by atoms with Gasteiger partial charge in [-0.3, -0.25) is 19.8 Å². The predicted octanol–water partition coefficient (Wildman–Crippen LogP) is 3.70. The number of rotatable bonds is 4. The van der Waals surface area contributed by atoms with Gasteiger partial charge < -0.3 is 0 Å². The molecule has 1 saturated heterocycles. The molecule has 1 aliphatic rings. The highest BCUT2D eigenvalue weighted by atomic mass is 16.6. The van der Waals surface area contributed by atoms with Gasteiger partial charge in [-0.1, -0.05) is 37.3 Å². The molecule has 1 fully saturated rings. The van der Waals surface area contributed by atoms with E-state index in [4.69, 9.17) is 0 Å². The quantitative estimate of drug-likeness (QED) is 0.485. The van der Waals surface area contributed by atoms with Crippen LogP contribution in [-0.4, -0.2) is 28.7 Å². The summed E-state index contributed by atoms with van der Waals surface area (Å²) in [7, 11) is 0. The van der Waals surface area contributed by atoms with Crippen molar-refractivity contribution >= 4 is 17.5 Å². The van der Waals surface area contributed by atoms with Crippen LogP contribution in [0.25, 0.3) is 6.08 Å². The second-order valence-electron chi connectivity index (χ2n) is 6.44. The van der Waals surface area contributed by atoms with E-state index in [0.717, 1.165) is 24.2 Å². The second-order valence-corrected chi connectivity index (χ2v) is 6.44. The van der Waals surface area contributed by atoms with Gasteiger partial charge in [0, 0.05) is 43.3 Å². The Kier molecular flexibility index (Phi) is 5.05. The number of benzene rings is 2. The molecule has 0 amide bonds. The molecule has 0 aliphatic carbocycles. The molecular weight excluding hydrogens is 316 g/mol. The van der Waals surface area contributed by atoms with Gasteiger partial charge in [-0.2, -0.15) is 0 Å². The summed E-state index contributed by atoms with van der Waals surface area (Å²) in [6.07, 6.45) is 1.85. The van der Waals surface area contributed by atoms with Crippen LogP contribution in [0, 0.1) is 16.0 Å². The Balaban J connectivity index is 1.78. The Morgan fingerprint density at radius 3 is 2.48 bits per heavy atom. The van der Waals surface area contributed by atoms with Gasteiger partial charge in [0.05, 0.1) is 4.92 Å². The molecule has 128 valence electrons. The standard InChI is InChI=1S/C20H20N2O3/c1-15-12-21(13-17-5-3-2-4-6-17)14-18(20(15)23)11-16-7-9-19(10-8-16)22(24)25/h2-11,15H,12-14H2,1H3/b18-11-.